The molecule has 34 heavy (non-hydrogen) atoms. The van der Waals surface area contributed by atoms with Gasteiger partial charge in [0.15, 0.2) is 0 Å². The predicted octanol–water partition coefficient (Wildman–Crippen LogP) is 5.22. The third-order valence-electron chi connectivity index (χ3n) is 6.74. The molecule has 7 heteroatoms. The number of amides is 1. The lowest BCUT2D eigenvalue weighted by molar-refractivity contribution is 0.0607. The van der Waals surface area contributed by atoms with Crippen LogP contribution in [-0.4, -0.2) is 48.6 Å². The lowest BCUT2D eigenvalue weighted by atomic mass is 10.1. The van der Waals surface area contributed by atoms with Crippen LogP contribution >= 0.6 is 11.3 Å². The Balaban J connectivity index is 1.67. The molecule has 0 saturated heterocycles. The van der Waals surface area contributed by atoms with Crippen molar-refractivity contribution in [3.63, 3.8) is 0 Å². The summed E-state index contributed by atoms with van der Waals surface area (Å²) in [6.45, 7) is 1.03. The number of carbonyl (C=O) groups is 1. The van der Waals surface area contributed by atoms with Crippen molar-refractivity contribution in [3.8, 4) is 16.9 Å². The van der Waals surface area contributed by atoms with E-state index in [9.17, 15) is 9.59 Å². The number of methoxy groups -OCH3 is 2. The van der Waals surface area contributed by atoms with Crippen molar-refractivity contribution in [1.29, 1.82) is 0 Å². The van der Waals surface area contributed by atoms with Gasteiger partial charge in [-0.2, -0.15) is 0 Å². The van der Waals surface area contributed by atoms with Crippen LogP contribution in [0.5, 0.6) is 5.75 Å². The molecule has 0 unspecified atom stereocenters. The number of nitrogens with zero attached hydrogens (tertiary/aromatic N) is 2. The summed E-state index contributed by atoms with van der Waals surface area (Å²) >= 11 is 1.55. The van der Waals surface area contributed by atoms with E-state index < -0.39 is 0 Å². The van der Waals surface area contributed by atoms with Gasteiger partial charge in [-0.15, -0.1) is 11.3 Å². The fraction of sp³-hybridized carbons (Fsp3) is 0.333. The Kier molecular flexibility index (Phi) is 6.39. The summed E-state index contributed by atoms with van der Waals surface area (Å²) in [4.78, 5) is 29.5. The first-order chi connectivity index (χ1) is 16.6. The number of hydrogen-bond donors (Lipinski definition) is 0. The molecule has 1 aromatic carbocycles. The Hall–Kier alpha value is -3.16. The zero-order chi connectivity index (χ0) is 23.7. The number of thiophene rings is 1. The largest absolute Gasteiger partial charge is 0.497 e. The Morgan fingerprint density at radius 3 is 2.74 bits per heavy atom. The van der Waals surface area contributed by atoms with Gasteiger partial charge in [0, 0.05) is 36.8 Å². The molecule has 3 aromatic heterocycles. The second-order valence-corrected chi connectivity index (χ2v) is 9.59. The summed E-state index contributed by atoms with van der Waals surface area (Å²) < 4.78 is 13.2. The molecule has 6 nitrogen and oxygen atoms in total. The molecule has 1 fully saturated rings. The minimum absolute atomic E-state index is 0.0343. The van der Waals surface area contributed by atoms with Crippen molar-refractivity contribution in [2.45, 2.75) is 31.7 Å². The molecule has 1 aliphatic rings. The fourth-order valence-electron chi connectivity index (χ4n) is 4.98. The number of benzene rings is 1. The highest BCUT2D eigenvalue weighted by Crippen LogP contribution is 2.32. The molecule has 4 aromatic rings. The van der Waals surface area contributed by atoms with E-state index in [1.54, 1.807) is 36.2 Å². The SMILES string of the molecule is COCCN(C(=O)c1cn2c(=O)c(-c3cccc(OC)c3)ccc2c2sccc12)C1CCCC1. The summed E-state index contributed by atoms with van der Waals surface area (Å²) in [5.41, 5.74) is 2.57. The predicted molar refractivity (Wildman–Crippen MR) is 136 cm³/mol. The highest BCUT2D eigenvalue weighted by molar-refractivity contribution is 7.18. The van der Waals surface area contributed by atoms with Gasteiger partial charge in [0.05, 0.1) is 29.5 Å². The van der Waals surface area contributed by atoms with E-state index in [1.807, 2.05) is 52.7 Å². The highest BCUT2D eigenvalue weighted by atomic mass is 32.1. The number of rotatable bonds is 7. The normalized spacial score (nSPS) is 14.2. The van der Waals surface area contributed by atoms with Crippen LogP contribution in [0.25, 0.3) is 26.7 Å². The third kappa shape index (κ3) is 3.99. The average molecular weight is 477 g/mol. The van der Waals surface area contributed by atoms with E-state index in [2.05, 4.69) is 0 Å². The molecule has 5 rings (SSSR count). The first-order valence-corrected chi connectivity index (χ1v) is 12.5. The third-order valence-corrected chi connectivity index (χ3v) is 7.67. The topological polar surface area (TPSA) is 60.2 Å². The van der Waals surface area contributed by atoms with Gasteiger partial charge in [-0.05, 0) is 54.1 Å². The second kappa shape index (κ2) is 9.60. The molecule has 1 aliphatic carbocycles. The average Bonchev–Trinajstić information content (AvgIpc) is 3.57. The van der Waals surface area contributed by atoms with E-state index in [0.29, 0.717) is 30.0 Å². The standard InChI is InChI=1S/C27H28N2O4S/c1-32-14-13-28(19-7-3-4-8-19)27(31)23-17-29-24(25-22(23)12-15-34-25)11-10-21(26(29)30)18-6-5-9-20(16-18)33-2/h5-6,9-12,15-17,19H,3-4,7-8,13-14H2,1-2H3. The molecule has 0 N–H and O–H groups in total. The zero-order valence-electron chi connectivity index (χ0n) is 19.5. The number of carbonyl (C=O) groups excluding carboxylic acids is 1. The molecular formula is C27H28N2O4S. The van der Waals surface area contributed by atoms with Crippen molar-refractivity contribution in [2.75, 3.05) is 27.4 Å². The maximum atomic E-state index is 13.9. The molecular weight excluding hydrogens is 448 g/mol. The molecule has 3 heterocycles. The van der Waals surface area contributed by atoms with E-state index in [1.165, 1.54) is 0 Å². The minimum Gasteiger partial charge on any atom is -0.497 e. The lowest BCUT2D eigenvalue weighted by Gasteiger charge is -2.29. The molecule has 1 amide bonds. The van der Waals surface area contributed by atoms with Crippen molar-refractivity contribution in [2.24, 2.45) is 0 Å². The fourth-order valence-corrected chi connectivity index (χ4v) is 5.91. The van der Waals surface area contributed by atoms with Crippen LogP contribution in [0.3, 0.4) is 0 Å². The summed E-state index contributed by atoms with van der Waals surface area (Å²) in [5, 5.41) is 2.88. The highest BCUT2D eigenvalue weighted by Gasteiger charge is 2.29. The Morgan fingerprint density at radius 2 is 1.97 bits per heavy atom. The van der Waals surface area contributed by atoms with Crippen molar-refractivity contribution in [1.82, 2.24) is 9.30 Å². The lowest BCUT2D eigenvalue weighted by Crippen LogP contribution is -2.41. The molecule has 0 bridgehead atoms. The van der Waals surface area contributed by atoms with Crippen molar-refractivity contribution >= 4 is 32.8 Å². The van der Waals surface area contributed by atoms with Gasteiger partial charge in [-0.3, -0.25) is 14.0 Å². The molecule has 0 aliphatic heterocycles. The van der Waals surface area contributed by atoms with Crippen molar-refractivity contribution < 1.29 is 14.3 Å². The Labute approximate surface area is 202 Å². The van der Waals surface area contributed by atoms with Crippen LogP contribution in [0.15, 0.2) is 58.8 Å². The molecule has 1 saturated carbocycles. The van der Waals surface area contributed by atoms with Crippen LogP contribution in [0.1, 0.15) is 36.0 Å². The van der Waals surface area contributed by atoms with E-state index >= 15 is 0 Å². The van der Waals surface area contributed by atoms with Gasteiger partial charge < -0.3 is 14.4 Å². The van der Waals surface area contributed by atoms with Gasteiger partial charge >= 0.3 is 0 Å². The molecule has 0 spiro atoms. The first-order valence-electron chi connectivity index (χ1n) is 11.6. The quantitative estimate of drug-likeness (QED) is 0.367. The summed E-state index contributed by atoms with van der Waals surface area (Å²) in [5.74, 6) is 0.657. The van der Waals surface area contributed by atoms with Crippen LogP contribution in [0.4, 0.5) is 0 Å². The molecule has 0 radical (unpaired) electrons. The maximum absolute atomic E-state index is 13.9. The summed E-state index contributed by atoms with van der Waals surface area (Å²) in [6.07, 6.45) is 6.02. The number of pyridine rings is 2. The van der Waals surface area contributed by atoms with Crippen LogP contribution in [0, 0.1) is 0 Å². The first kappa shape index (κ1) is 22.6. The maximum Gasteiger partial charge on any atom is 0.263 e. The summed E-state index contributed by atoms with van der Waals surface area (Å²) in [7, 11) is 3.27. The smallest absolute Gasteiger partial charge is 0.263 e. The Bertz CT molecular complexity index is 1400. The Morgan fingerprint density at radius 1 is 1.15 bits per heavy atom. The van der Waals surface area contributed by atoms with Gasteiger partial charge in [0.2, 0.25) is 0 Å². The van der Waals surface area contributed by atoms with Gasteiger partial charge in [-0.25, -0.2) is 0 Å². The number of hydrogen-bond acceptors (Lipinski definition) is 5. The zero-order valence-corrected chi connectivity index (χ0v) is 20.3. The second-order valence-electron chi connectivity index (χ2n) is 8.68. The van der Waals surface area contributed by atoms with Crippen molar-refractivity contribution in [3.05, 3.63) is 70.0 Å². The van der Waals surface area contributed by atoms with Gasteiger partial charge in [0.25, 0.3) is 11.5 Å². The van der Waals surface area contributed by atoms with E-state index in [-0.39, 0.29) is 17.5 Å². The number of aromatic nitrogens is 1. The monoisotopic (exact) mass is 476 g/mol. The van der Waals surface area contributed by atoms with Gasteiger partial charge in [0.1, 0.15) is 5.75 Å². The summed E-state index contributed by atoms with van der Waals surface area (Å²) in [6, 6.07) is 13.5. The van der Waals surface area contributed by atoms with Crippen LogP contribution in [-0.2, 0) is 4.74 Å². The van der Waals surface area contributed by atoms with E-state index in [0.717, 1.165) is 46.8 Å². The molecule has 176 valence electrons. The van der Waals surface area contributed by atoms with Crippen LogP contribution < -0.4 is 10.3 Å². The van der Waals surface area contributed by atoms with Gasteiger partial charge in [-0.1, -0.05) is 25.0 Å². The van der Waals surface area contributed by atoms with Crippen LogP contribution in [0.2, 0.25) is 0 Å². The number of ether oxygens (including phenoxy) is 2. The minimum atomic E-state index is -0.153. The molecule has 0 atom stereocenters. The van der Waals surface area contributed by atoms with E-state index in [4.69, 9.17) is 9.47 Å². The number of fused-ring (bicyclic) bond motifs is 3.